The van der Waals surface area contributed by atoms with Crippen LogP contribution in [-0.2, 0) is 22.4 Å². The number of para-hydroxylation sites is 1. The molecule has 2 heterocycles. The van der Waals surface area contributed by atoms with Crippen LogP contribution in [0.4, 0.5) is 5.69 Å². The van der Waals surface area contributed by atoms with E-state index >= 15 is 0 Å². The Bertz CT molecular complexity index is 879. The Balaban J connectivity index is 1.47. The van der Waals surface area contributed by atoms with Crippen molar-refractivity contribution < 1.29 is 9.59 Å². The number of aromatic nitrogens is 2. The highest BCUT2D eigenvalue weighted by atomic mass is 32.2. The molecule has 2 N–H and O–H groups in total. The standard InChI is InChI=1S/C21H27N5O2S/c1-14-17(15(2)23-21(22-14)29-3)10-11-19(27)24-25-20(28)13-26-12-6-8-16-7-4-5-9-18(16)26/h4-5,7,9H,6,8,10-13H2,1-3H3,(H,24,27)(H,25,28). The molecule has 0 saturated heterocycles. The van der Waals surface area contributed by atoms with Crippen molar-refractivity contribution in [2.45, 2.75) is 44.7 Å². The molecule has 8 heteroatoms. The van der Waals surface area contributed by atoms with Gasteiger partial charge in [0.05, 0.1) is 6.54 Å². The summed E-state index contributed by atoms with van der Waals surface area (Å²) in [7, 11) is 0. The van der Waals surface area contributed by atoms with Gasteiger partial charge in [-0.2, -0.15) is 0 Å². The first kappa shape index (κ1) is 21.1. The second-order valence-electron chi connectivity index (χ2n) is 7.11. The fourth-order valence-corrected chi connectivity index (χ4v) is 4.05. The zero-order chi connectivity index (χ0) is 20.8. The fraction of sp³-hybridized carbons (Fsp3) is 0.429. The molecule has 1 aliphatic rings. The summed E-state index contributed by atoms with van der Waals surface area (Å²) in [6.45, 7) is 4.92. The lowest BCUT2D eigenvalue weighted by Crippen LogP contribution is -2.47. The van der Waals surface area contributed by atoms with Crippen molar-refractivity contribution in [3.63, 3.8) is 0 Å². The number of hydrogen-bond donors (Lipinski definition) is 2. The molecule has 3 rings (SSSR count). The SMILES string of the molecule is CSc1nc(C)c(CCC(=O)NNC(=O)CN2CCCc3ccccc32)c(C)n1. The molecule has 0 bridgehead atoms. The first-order valence-electron chi connectivity index (χ1n) is 9.76. The Morgan fingerprint density at radius 3 is 2.52 bits per heavy atom. The number of aryl methyl sites for hydroxylation is 3. The number of fused-ring (bicyclic) bond motifs is 1. The molecule has 0 unspecified atom stereocenters. The molecule has 0 spiro atoms. The third kappa shape index (κ3) is 5.47. The lowest BCUT2D eigenvalue weighted by atomic mass is 10.0. The molecule has 2 amide bonds. The summed E-state index contributed by atoms with van der Waals surface area (Å²) in [4.78, 5) is 35.4. The summed E-state index contributed by atoms with van der Waals surface area (Å²) < 4.78 is 0. The summed E-state index contributed by atoms with van der Waals surface area (Å²) in [5.41, 5.74) is 10.2. The Morgan fingerprint density at radius 2 is 1.79 bits per heavy atom. The maximum absolute atomic E-state index is 12.3. The van der Waals surface area contributed by atoms with E-state index in [1.165, 1.54) is 17.3 Å². The Morgan fingerprint density at radius 1 is 1.10 bits per heavy atom. The van der Waals surface area contributed by atoms with Gasteiger partial charge in [-0.1, -0.05) is 30.0 Å². The van der Waals surface area contributed by atoms with Crippen LogP contribution in [0.3, 0.4) is 0 Å². The molecule has 7 nitrogen and oxygen atoms in total. The number of benzene rings is 1. The molecule has 0 atom stereocenters. The predicted octanol–water partition coefficient (Wildman–Crippen LogP) is 2.35. The van der Waals surface area contributed by atoms with Crippen molar-refractivity contribution in [1.82, 2.24) is 20.8 Å². The summed E-state index contributed by atoms with van der Waals surface area (Å²) >= 11 is 1.50. The maximum Gasteiger partial charge on any atom is 0.257 e. The van der Waals surface area contributed by atoms with Crippen LogP contribution in [0.25, 0.3) is 0 Å². The maximum atomic E-state index is 12.3. The van der Waals surface area contributed by atoms with Gasteiger partial charge in [0, 0.05) is 30.0 Å². The van der Waals surface area contributed by atoms with Crippen LogP contribution in [0.2, 0.25) is 0 Å². The second kappa shape index (κ2) is 9.73. The molecule has 0 saturated carbocycles. The van der Waals surface area contributed by atoms with Crippen molar-refractivity contribution in [3.8, 4) is 0 Å². The van der Waals surface area contributed by atoms with E-state index in [4.69, 9.17) is 0 Å². The van der Waals surface area contributed by atoms with Crippen LogP contribution in [0.15, 0.2) is 29.4 Å². The number of carbonyl (C=O) groups excluding carboxylic acids is 2. The van der Waals surface area contributed by atoms with Crippen LogP contribution in [0.1, 0.15) is 35.4 Å². The van der Waals surface area contributed by atoms with E-state index in [0.717, 1.165) is 47.2 Å². The number of carbonyl (C=O) groups is 2. The van der Waals surface area contributed by atoms with Gasteiger partial charge >= 0.3 is 0 Å². The number of hydrazine groups is 1. The van der Waals surface area contributed by atoms with Gasteiger partial charge < -0.3 is 4.90 Å². The van der Waals surface area contributed by atoms with Gasteiger partial charge in [-0.15, -0.1) is 0 Å². The lowest BCUT2D eigenvalue weighted by Gasteiger charge is -2.30. The highest BCUT2D eigenvalue weighted by molar-refractivity contribution is 7.98. The summed E-state index contributed by atoms with van der Waals surface area (Å²) in [5.74, 6) is -0.458. The number of amides is 2. The number of rotatable bonds is 6. The molecule has 1 aromatic heterocycles. The van der Waals surface area contributed by atoms with Crippen molar-refractivity contribution >= 4 is 29.3 Å². The summed E-state index contributed by atoms with van der Waals surface area (Å²) in [6, 6.07) is 8.14. The van der Waals surface area contributed by atoms with Crippen molar-refractivity contribution in [1.29, 1.82) is 0 Å². The largest absolute Gasteiger partial charge is 0.362 e. The monoisotopic (exact) mass is 413 g/mol. The van der Waals surface area contributed by atoms with Crippen molar-refractivity contribution in [2.24, 2.45) is 0 Å². The molecule has 0 fully saturated rings. The third-order valence-corrected chi connectivity index (χ3v) is 5.61. The van der Waals surface area contributed by atoms with E-state index in [1.54, 1.807) is 0 Å². The Hall–Kier alpha value is -2.61. The number of hydrogen-bond acceptors (Lipinski definition) is 6. The van der Waals surface area contributed by atoms with Gasteiger partial charge in [0.1, 0.15) is 0 Å². The topological polar surface area (TPSA) is 87.2 Å². The second-order valence-corrected chi connectivity index (χ2v) is 7.88. The first-order chi connectivity index (χ1) is 14.0. The van der Waals surface area contributed by atoms with E-state index in [0.29, 0.717) is 6.42 Å². The van der Waals surface area contributed by atoms with Gasteiger partial charge in [-0.3, -0.25) is 20.4 Å². The molecule has 0 radical (unpaired) electrons. The minimum Gasteiger partial charge on any atom is -0.362 e. The van der Waals surface area contributed by atoms with Crippen LogP contribution in [0.5, 0.6) is 0 Å². The van der Waals surface area contributed by atoms with Gasteiger partial charge in [0.2, 0.25) is 5.91 Å². The van der Waals surface area contributed by atoms with Gasteiger partial charge in [0.25, 0.3) is 5.91 Å². The van der Waals surface area contributed by atoms with Gasteiger partial charge in [0.15, 0.2) is 5.16 Å². The van der Waals surface area contributed by atoms with Crippen LogP contribution >= 0.6 is 11.8 Å². The van der Waals surface area contributed by atoms with Crippen LogP contribution < -0.4 is 15.8 Å². The molecule has 0 aliphatic carbocycles. The van der Waals surface area contributed by atoms with Gasteiger partial charge in [-0.25, -0.2) is 9.97 Å². The first-order valence-corrected chi connectivity index (χ1v) is 11.0. The molecular weight excluding hydrogens is 386 g/mol. The van der Waals surface area contributed by atoms with Gasteiger partial charge in [-0.05, 0) is 56.6 Å². The number of nitrogens with zero attached hydrogens (tertiary/aromatic N) is 3. The van der Waals surface area contributed by atoms with E-state index in [1.807, 2.05) is 38.3 Å². The zero-order valence-corrected chi connectivity index (χ0v) is 17.9. The molecule has 154 valence electrons. The van der Waals surface area contributed by atoms with Crippen LogP contribution in [-0.4, -0.2) is 41.1 Å². The van der Waals surface area contributed by atoms with Crippen molar-refractivity contribution in [3.05, 3.63) is 46.8 Å². The smallest absolute Gasteiger partial charge is 0.257 e. The normalized spacial score (nSPS) is 13.0. The molecular formula is C21H27N5O2S. The number of anilines is 1. The van der Waals surface area contributed by atoms with E-state index < -0.39 is 0 Å². The molecule has 2 aromatic rings. The zero-order valence-electron chi connectivity index (χ0n) is 17.1. The van der Waals surface area contributed by atoms with E-state index in [2.05, 4.69) is 31.8 Å². The van der Waals surface area contributed by atoms with Crippen molar-refractivity contribution in [2.75, 3.05) is 24.2 Å². The Labute approximate surface area is 175 Å². The minimum atomic E-state index is -0.231. The number of thioether (sulfide) groups is 1. The number of nitrogens with one attached hydrogen (secondary N) is 2. The lowest BCUT2D eigenvalue weighted by molar-refractivity contribution is -0.128. The molecule has 1 aliphatic heterocycles. The third-order valence-electron chi connectivity index (χ3n) is 5.07. The highest BCUT2D eigenvalue weighted by Crippen LogP contribution is 2.26. The van der Waals surface area contributed by atoms with Crippen LogP contribution in [0, 0.1) is 13.8 Å². The summed E-state index contributed by atoms with van der Waals surface area (Å²) in [5, 5.41) is 0.736. The van der Waals surface area contributed by atoms with E-state index in [-0.39, 0.29) is 24.8 Å². The average molecular weight is 414 g/mol. The fourth-order valence-electron chi connectivity index (χ4n) is 3.59. The highest BCUT2D eigenvalue weighted by Gasteiger charge is 2.19. The quantitative estimate of drug-likeness (QED) is 0.429. The summed E-state index contributed by atoms with van der Waals surface area (Å²) in [6.07, 6.45) is 4.79. The minimum absolute atomic E-state index is 0.222. The Kier molecular flexibility index (Phi) is 7.09. The average Bonchev–Trinajstić information content (AvgIpc) is 2.71. The molecule has 29 heavy (non-hydrogen) atoms. The predicted molar refractivity (Wildman–Crippen MR) is 115 cm³/mol. The molecule has 1 aromatic carbocycles. The van der Waals surface area contributed by atoms with E-state index in [9.17, 15) is 9.59 Å².